The van der Waals surface area contributed by atoms with E-state index in [0.29, 0.717) is 22.8 Å². The molecule has 0 radical (unpaired) electrons. The Morgan fingerprint density at radius 1 is 1.56 bits per heavy atom. The number of aldehydes is 1. The van der Waals surface area contributed by atoms with Gasteiger partial charge in [0.05, 0.1) is 4.92 Å². The molecule has 96 valence electrons. The van der Waals surface area contributed by atoms with Gasteiger partial charge in [-0.2, -0.15) is 11.8 Å². The van der Waals surface area contributed by atoms with Crippen molar-refractivity contribution in [2.24, 2.45) is 0 Å². The summed E-state index contributed by atoms with van der Waals surface area (Å²) in [5, 5.41) is 11.5. The normalized spacial score (nSPS) is 19.6. The summed E-state index contributed by atoms with van der Waals surface area (Å²) in [6.07, 6.45) is 0.630. The minimum absolute atomic E-state index is 0.0127. The Kier molecular flexibility index (Phi) is 3.86. The summed E-state index contributed by atoms with van der Waals surface area (Å²) in [6.45, 7) is 3.71. The van der Waals surface area contributed by atoms with E-state index in [0.717, 1.165) is 18.8 Å². The lowest BCUT2D eigenvalue weighted by Gasteiger charge is -2.32. The molecule has 1 aliphatic heterocycles. The van der Waals surface area contributed by atoms with Crippen LogP contribution < -0.4 is 4.90 Å². The van der Waals surface area contributed by atoms with Gasteiger partial charge in [-0.3, -0.25) is 14.9 Å². The van der Waals surface area contributed by atoms with Gasteiger partial charge >= 0.3 is 0 Å². The van der Waals surface area contributed by atoms with Gasteiger partial charge in [0.2, 0.25) is 0 Å². The fraction of sp³-hybridized carbons (Fsp3) is 0.417. The molecule has 0 spiro atoms. The second kappa shape index (κ2) is 5.39. The molecule has 1 aromatic rings. The first-order valence-electron chi connectivity index (χ1n) is 5.72. The molecular formula is C12H14N2O3S. The number of carbonyl (C=O) groups is 1. The second-order valence-electron chi connectivity index (χ2n) is 4.25. The van der Waals surface area contributed by atoms with Crippen molar-refractivity contribution in [1.82, 2.24) is 0 Å². The summed E-state index contributed by atoms with van der Waals surface area (Å²) in [5.41, 5.74) is 0.960. The van der Waals surface area contributed by atoms with Gasteiger partial charge in [0, 0.05) is 35.7 Å². The molecule has 1 heterocycles. The molecule has 1 fully saturated rings. The molecule has 0 aliphatic carbocycles. The highest BCUT2D eigenvalue weighted by Crippen LogP contribution is 2.32. The Hall–Kier alpha value is -1.56. The highest BCUT2D eigenvalue weighted by Gasteiger charge is 2.24. The molecule has 0 amide bonds. The molecule has 1 aliphatic rings. The summed E-state index contributed by atoms with van der Waals surface area (Å²) in [5.74, 6) is 0.966. The summed E-state index contributed by atoms with van der Waals surface area (Å²) in [6, 6.07) is 4.64. The maximum Gasteiger partial charge on any atom is 0.293 e. The number of hydrogen-bond donors (Lipinski definition) is 0. The zero-order chi connectivity index (χ0) is 13.1. The molecule has 0 saturated carbocycles. The van der Waals surface area contributed by atoms with E-state index in [1.54, 1.807) is 12.1 Å². The van der Waals surface area contributed by atoms with Gasteiger partial charge < -0.3 is 4.90 Å². The van der Waals surface area contributed by atoms with Crippen LogP contribution in [0.25, 0.3) is 0 Å². The highest BCUT2D eigenvalue weighted by molar-refractivity contribution is 8.00. The zero-order valence-electron chi connectivity index (χ0n) is 10.0. The number of hydrogen-bond acceptors (Lipinski definition) is 5. The predicted octanol–water partition coefficient (Wildman–Crippen LogP) is 2.35. The maximum atomic E-state index is 11.1. The maximum absolute atomic E-state index is 11.1. The Morgan fingerprint density at radius 3 is 2.94 bits per heavy atom. The number of benzene rings is 1. The van der Waals surface area contributed by atoms with E-state index in [2.05, 4.69) is 6.92 Å². The van der Waals surface area contributed by atoms with Crippen LogP contribution in [0.15, 0.2) is 18.2 Å². The van der Waals surface area contributed by atoms with E-state index in [1.807, 2.05) is 16.7 Å². The lowest BCUT2D eigenvalue weighted by Crippen LogP contribution is -2.36. The molecule has 1 atom stereocenters. The van der Waals surface area contributed by atoms with Crippen LogP contribution in [-0.4, -0.2) is 35.3 Å². The number of rotatable bonds is 3. The van der Waals surface area contributed by atoms with Gasteiger partial charge in [0.1, 0.15) is 12.0 Å². The van der Waals surface area contributed by atoms with Crippen LogP contribution in [-0.2, 0) is 0 Å². The van der Waals surface area contributed by atoms with Gasteiger partial charge in [0.15, 0.2) is 0 Å². The lowest BCUT2D eigenvalue weighted by atomic mass is 10.1. The van der Waals surface area contributed by atoms with Gasteiger partial charge in [-0.05, 0) is 12.1 Å². The number of nitrogens with zero attached hydrogens (tertiary/aromatic N) is 2. The van der Waals surface area contributed by atoms with E-state index in [-0.39, 0.29) is 5.69 Å². The van der Waals surface area contributed by atoms with Crippen molar-refractivity contribution >= 4 is 29.4 Å². The van der Waals surface area contributed by atoms with E-state index in [1.165, 1.54) is 6.07 Å². The summed E-state index contributed by atoms with van der Waals surface area (Å²) < 4.78 is 0. The molecule has 1 saturated heterocycles. The minimum Gasteiger partial charge on any atom is -0.364 e. The monoisotopic (exact) mass is 266 g/mol. The van der Waals surface area contributed by atoms with Gasteiger partial charge in [0.25, 0.3) is 5.69 Å². The molecule has 5 nitrogen and oxygen atoms in total. The largest absolute Gasteiger partial charge is 0.364 e. The molecule has 0 bridgehead atoms. The Bertz CT molecular complexity index is 478. The first kappa shape index (κ1) is 12.9. The third kappa shape index (κ3) is 2.64. The van der Waals surface area contributed by atoms with Gasteiger partial charge in [-0.25, -0.2) is 0 Å². The Labute approximate surface area is 109 Å². The smallest absolute Gasteiger partial charge is 0.293 e. The summed E-state index contributed by atoms with van der Waals surface area (Å²) >= 11 is 1.87. The van der Waals surface area contributed by atoms with Crippen LogP contribution in [0.4, 0.5) is 11.4 Å². The van der Waals surface area contributed by atoms with Crippen LogP contribution in [0.5, 0.6) is 0 Å². The molecule has 1 aromatic carbocycles. The Balaban J connectivity index is 2.36. The SMILES string of the molecule is CC1CN(c2ccc(C=O)cc2[N+](=O)[O-])CCS1. The number of nitro groups is 1. The Morgan fingerprint density at radius 2 is 2.33 bits per heavy atom. The van der Waals surface area contributed by atoms with Crippen molar-refractivity contribution in [1.29, 1.82) is 0 Å². The quantitative estimate of drug-likeness (QED) is 0.477. The van der Waals surface area contributed by atoms with E-state index in [4.69, 9.17) is 0 Å². The standard InChI is InChI=1S/C12H14N2O3S/c1-9-7-13(4-5-18-9)11-3-2-10(8-15)6-12(11)14(16)17/h2-3,6,8-9H,4-5,7H2,1H3. The van der Waals surface area contributed by atoms with Gasteiger partial charge in [-0.1, -0.05) is 6.92 Å². The van der Waals surface area contributed by atoms with Gasteiger partial charge in [-0.15, -0.1) is 0 Å². The van der Waals surface area contributed by atoms with Crippen LogP contribution in [0.3, 0.4) is 0 Å². The number of thioether (sulfide) groups is 1. The van der Waals surface area contributed by atoms with Crippen molar-refractivity contribution in [2.75, 3.05) is 23.7 Å². The van der Waals surface area contributed by atoms with Crippen molar-refractivity contribution in [3.63, 3.8) is 0 Å². The van der Waals surface area contributed by atoms with Crippen LogP contribution >= 0.6 is 11.8 Å². The number of carbonyl (C=O) groups excluding carboxylic acids is 1. The molecule has 0 N–H and O–H groups in total. The van der Waals surface area contributed by atoms with Crippen LogP contribution in [0.1, 0.15) is 17.3 Å². The second-order valence-corrected chi connectivity index (χ2v) is 5.80. The van der Waals surface area contributed by atoms with E-state index < -0.39 is 4.92 Å². The molecule has 0 aromatic heterocycles. The molecule has 18 heavy (non-hydrogen) atoms. The van der Waals surface area contributed by atoms with Crippen molar-refractivity contribution < 1.29 is 9.72 Å². The molecular weight excluding hydrogens is 252 g/mol. The van der Waals surface area contributed by atoms with Crippen molar-refractivity contribution in [2.45, 2.75) is 12.2 Å². The van der Waals surface area contributed by atoms with E-state index in [9.17, 15) is 14.9 Å². The first-order valence-corrected chi connectivity index (χ1v) is 6.77. The number of nitro benzene ring substituents is 1. The zero-order valence-corrected chi connectivity index (χ0v) is 10.9. The van der Waals surface area contributed by atoms with E-state index >= 15 is 0 Å². The molecule has 6 heteroatoms. The van der Waals surface area contributed by atoms with Crippen LogP contribution in [0.2, 0.25) is 0 Å². The topological polar surface area (TPSA) is 63.5 Å². The highest BCUT2D eigenvalue weighted by atomic mass is 32.2. The average molecular weight is 266 g/mol. The summed E-state index contributed by atoms with van der Waals surface area (Å²) in [4.78, 5) is 23.4. The fourth-order valence-corrected chi connectivity index (χ4v) is 3.08. The number of anilines is 1. The minimum atomic E-state index is -0.422. The predicted molar refractivity (Wildman–Crippen MR) is 72.6 cm³/mol. The fourth-order valence-electron chi connectivity index (χ4n) is 2.06. The van der Waals surface area contributed by atoms with Crippen molar-refractivity contribution in [3.05, 3.63) is 33.9 Å². The summed E-state index contributed by atoms with van der Waals surface area (Å²) in [7, 11) is 0. The third-order valence-corrected chi connectivity index (χ3v) is 4.05. The lowest BCUT2D eigenvalue weighted by molar-refractivity contribution is -0.384. The first-order chi connectivity index (χ1) is 8.61. The molecule has 2 rings (SSSR count). The third-order valence-electron chi connectivity index (χ3n) is 2.91. The van der Waals surface area contributed by atoms with Crippen molar-refractivity contribution in [3.8, 4) is 0 Å². The average Bonchev–Trinajstić information content (AvgIpc) is 2.38. The van der Waals surface area contributed by atoms with Crippen LogP contribution in [0, 0.1) is 10.1 Å². The molecule has 1 unspecified atom stereocenters.